The van der Waals surface area contributed by atoms with Gasteiger partial charge in [0.05, 0.1) is 0 Å². The fourth-order valence-electron chi connectivity index (χ4n) is 0.608. The number of carbonyl (C=O) groups is 1. The molecule has 0 heterocycles. The molecule has 0 unspecified atom stereocenters. The van der Waals surface area contributed by atoms with Gasteiger partial charge in [0.15, 0.2) is 0 Å². The Morgan fingerprint density at radius 2 is 2.30 bits per heavy atom. The first-order valence-electron chi connectivity index (χ1n) is 3.29. The van der Waals surface area contributed by atoms with E-state index in [0.29, 0.717) is 18.5 Å². The first kappa shape index (κ1) is 9.17. The Morgan fingerprint density at radius 1 is 1.70 bits per heavy atom. The Morgan fingerprint density at radius 3 is 2.60 bits per heavy atom. The molecule has 0 fully saturated rings. The molecule has 0 radical (unpaired) electrons. The highest BCUT2D eigenvalue weighted by Gasteiger charge is 2.01. The van der Waals surface area contributed by atoms with E-state index >= 15 is 0 Å². The molecule has 0 saturated carbocycles. The van der Waals surface area contributed by atoms with Crippen LogP contribution in [-0.4, -0.2) is 24.7 Å². The Bertz CT molecular complexity index is 141. The van der Waals surface area contributed by atoms with Crippen molar-refractivity contribution < 1.29 is 9.90 Å². The van der Waals surface area contributed by atoms with E-state index in [-0.39, 0.29) is 0 Å². The summed E-state index contributed by atoms with van der Waals surface area (Å²) in [4.78, 5) is 10.3. The lowest BCUT2D eigenvalue weighted by Gasteiger charge is -1.95. The molecule has 10 heavy (non-hydrogen) atoms. The van der Waals surface area contributed by atoms with Crippen LogP contribution >= 0.6 is 0 Å². The molecule has 0 spiro atoms. The molecule has 0 rings (SSSR count). The summed E-state index contributed by atoms with van der Waals surface area (Å²) in [5.74, 6) is -0.822. The van der Waals surface area contributed by atoms with Gasteiger partial charge in [0.2, 0.25) is 0 Å². The van der Waals surface area contributed by atoms with Crippen LogP contribution < -0.4 is 5.32 Å². The molecule has 0 aromatic heterocycles. The second kappa shape index (κ2) is 4.99. The molecule has 2 N–H and O–H groups in total. The minimum atomic E-state index is -0.822. The summed E-state index contributed by atoms with van der Waals surface area (Å²) >= 11 is 0. The maximum Gasteiger partial charge on any atom is 0.331 e. The third-order valence-corrected chi connectivity index (χ3v) is 1.21. The summed E-state index contributed by atoms with van der Waals surface area (Å²) in [7, 11) is 1.78. The summed E-state index contributed by atoms with van der Waals surface area (Å²) in [5, 5.41) is 11.4. The molecule has 3 nitrogen and oxygen atoms in total. The van der Waals surface area contributed by atoms with E-state index in [1.807, 2.05) is 6.92 Å². The zero-order chi connectivity index (χ0) is 7.98. The van der Waals surface area contributed by atoms with Gasteiger partial charge in [-0.1, -0.05) is 13.0 Å². The fraction of sp³-hybridized carbons (Fsp3) is 0.571. The van der Waals surface area contributed by atoms with Gasteiger partial charge in [-0.3, -0.25) is 0 Å². The normalized spacial score (nSPS) is 11.6. The minimum Gasteiger partial charge on any atom is -0.478 e. The Labute approximate surface area is 60.7 Å². The van der Waals surface area contributed by atoms with Crippen LogP contribution in [0.4, 0.5) is 0 Å². The summed E-state index contributed by atoms with van der Waals surface area (Å²) < 4.78 is 0. The molecule has 0 aromatic carbocycles. The number of carboxylic acid groups (broad SMARTS) is 1. The van der Waals surface area contributed by atoms with Gasteiger partial charge in [0, 0.05) is 12.1 Å². The molecular formula is C7H13NO2. The van der Waals surface area contributed by atoms with E-state index in [1.165, 1.54) is 0 Å². The summed E-state index contributed by atoms with van der Waals surface area (Å²) in [5.41, 5.74) is 0.467. The molecule has 0 aliphatic rings. The van der Waals surface area contributed by atoms with Crippen molar-refractivity contribution in [2.45, 2.75) is 13.3 Å². The number of likely N-dealkylation sites (N-methyl/N-ethyl adjacent to an activating group) is 1. The number of rotatable bonds is 4. The highest BCUT2D eigenvalue weighted by Crippen LogP contribution is 1.98. The predicted molar refractivity (Wildman–Crippen MR) is 39.9 cm³/mol. The van der Waals surface area contributed by atoms with Crippen molar-refractivity contribution in [2.75, 3.05) is 13.6 Å². The minimum absolute atomic E-state index is 0.467. The van der Waals surface area contributed by atoms with Crippen LogP contribution in [-0.2, 0) is 4.79 Å². The first-order valence-corrected chi connectivity index (χ1v) is 3.29. The molecule has 0 saturated heterocycles. The molecule has 58 valence electrons. The average Bonchev–Trinajstić information content (AvgIpc) is 1.89. The van der Waals surface area contributed by atoms with E-state index in [9.17, 15) is 4.79 Å². The van der Waals surface area contributed by atoms with Gasteiger partial charge in [-0.15, -0.1) is 0 Å². The smallest absolute Gasteiger partial charge is 0.331 e. The van der Waals surface area contributed by atoms with Gasteiger partial charge in [0.1, 0.15) is 0 Å². The lowest BCUT2D eigenvalue weighted by atomic mass is 10.2. The molecule has 0 atom stereocenters. The second-order valence-electron chi connectivity index (χ2n) is 1.95. The van der Waals surface area contributed by atoms with E-state index in [1.54, 1.807) is 13.1 Å². The number of nitrogens with one attached hydrogen (secondary N) is 1. The van der Waals surface area contributed by atoms with Gasteiger partial charge < -0.3 is 10.4 Å². The largest absolute Gasteiger partial charge is 0.478 e. The Hall–Kier alpha value is -0.830. The van der Waals surface area contributed by atoms with Crippen molar-refractivity contribution in [1.82, 2.24) is 5.32 Å². The van der Waals surface area contributed by atoms with Crippen molar-refractivity contribution in [1.29, 1.82) is 0 Å². The van der Waals surface area contributed by atoms with Crippen LogP contribution in [0.5, 0.6) is 0 Å². The van der Waals surface area contributed by atoms with Crippen LogP contribution in [0.2, 0.25) is 0 Å². The van der Waals surface area contributed by atoms with Crippen LogP contribution in [0.15, 0.2) is 11.6 Å². The summed E-state index contributed by atoms with van der Waals surface area (Å²) in [6.45, 7) is 2.45. The SMILES string of the molecule is CCC(=CCNC)C(=O)O. The Kier molecular flexibility index (Phi) is 4.58. The summed E-state index contributed by atoms with van der Waals surface area (Å²) in [6, 6.07) is 0. The third-order valence-electron chi connectivity index (χ3n) is 1.21. The first-order chi connectivity index (χ1) is 4.72. The highest BCUT2D eigenvalue weighted by molar-refractivity contribution is 5.86. The van der Waals surface area contributed by atoms with Gasteiger partial charge in [-0.25, -0.2) is 4.79 Å². The zero-order valence-electron chi connectivity index (χ0n) is 6.35. The van der Waals surface area contributed by atoms with Crippen molar-refractivity contribution in [3.8, 4) is 0 Å². The van der Waals surface area contributed by atoms with E-state index in [4.69, 9.17) is 5.11 Å². The van der Waals surface area contributed by atoms with E-state index in [2.05, 4.69) is 5.32 Å². The molecule has 0 aliphatic heterocycles. The molecule has 0 bridgehead atoms. The highest BCUT2D eigenvalue weighted by atomic mass is 16.4. The van der Waals surface area contributed by atoms with Gasteiger partial charge >= 0.3 is 5.97 Å². The van der Waals surface area contributed by atoms with Gasteiger partial charge in [-0.05, 0) is 13.5 Å². The number of hydrogen-bond donors (Lipinski definition) is 2. The van der Waals surface area contributed by atoms with Gasteiger partial charge in [-0.2, -0.15) is 0 Å². The van der Waals surface area contributed by atoms with Crippen LogP contribution in [0.3, 0.4) is 0 Å². The summed E-state index contributed by atoms with van der Waals surface area (Å²) in [6.07, 6.45) is 2.26. The van der Waals surface area contributed by atoms with Crippen molar-refractivity contribution in [2.24, 2.45) is 0 Å². The number of aliphatic carboxylic acids is 1. The van der Waals surface area contributed by atoms with Crippen molar-refractivity contribution >= 4 is 5.97 Å². The average molecular weight is 143 g/mol. The number of carboxylic acids is 1. The maximum atomic E-state index is 10.3. The quantitative estimate of drug-likeness (QED) is 0.567. The standard InChI is InChI=1S/C7H13NO2/c1-3-6(7(9)10)4-5-8-2/h4,8H,3,5H2,1-2H3,(H,9,10). The van der Waals surface area contributed by atoms with E-state index in [0.717, 1.165) is 0 Å². The predicted octanol–water partition coefficient (Wildman–Crippen LogP) is 0.627. The lowest BCUT2D eigenvalue weighted by Crippen LogP contribution is -2.08. The van der Waals surface area contributed by atoms with Gasteiger partial charge in [0.25, 0.3) is 0 Å². The second-order valence-corrected chi connectivity index (χ2v) is 1.95. The van der Waals surface area contributed by atoms with Crippen LogP contribution in [0, 0.1) is 0 Å². The number of hydrogen-bond acceptors (Lipinski definition) is 2. The van der Waals surface area contributed by atoms with E-state index < -0.39 is 5.97 Å². The Balaban J connectivity index is 3.91. The van der Waals surface area contributed by atoms with Crippen molar-refractivity contribution in [3.63, 3.8) is 0 Å². The fourth-order valence-corrected chi connectivity index (χ4v) is 0.608. The maximum absolute atomic E-state index is 10.3. The van der Waals surface area contributed by atoms with Crippen LogP contribution in [0.25, 0.3) is 0 Å². The molecule has 0 aliphatic carbocycles. The zero-order valence-corrected chi connectivity index (χ0v) is 6.35. The molecule has 0 amide bonds. The monoisotopic (exact) mass is 143 g/mol. The molecule has 3 heteroatoms. The molecule has 0 aromatic rings. The topological polar surface area (TPSA) is 49.3 Å². The molecular weight excluding hydrogens is 130 g/mol. The third kappa shape index (κ3) is 3.25. The van der Waals surface area contributed by atoms with Crippen molar-refractivity contribution in [3.05, 3.63) is 11.6 Å². The van der Waals surface area contributed by atoms with Crippen LogP contribution in [0.1, 0.15) is 13.3 Å². The lowest BCUT2D eigenvalue weighted by molar-refractivity contribution is -0.132.